The number of benzene rings is 2. The molecular weight excluding hydrogens is 413 g/mol. The summed E-state index contributed by atoms with van der Waals surface area (Å²) >= 11 is 6.31. The van der Waals surface area contributed by atoms with Gasteiger partial charge in [0.1, 0.15) is 5.75 Å². The molecule has 0 fully saturated rings. The Kier molecular flexibility index (Phi) is 5.97. The Morgan fingerprint density at radius 2 is 1.72 bits per heavy atom. The zero-order valence-electron chi connectivity index (χ0n) is 15.2. The van der Waals surface area contributed by atoms with E-state index in [0.29, 0.717) is 27.6 Å². The van der Waals surface area contributed by atoms with Crippen molar-refractivity contribution in [1.29, 1.82) is 0 Å². The van der Waals surface area contributed by atoms with Gasteiger partial charge in [-0.1, -0.05) is 16.8 Å². The highest BCUT2D eigenvalue weighted by Crippen LogP contribution is 2.38. The number of methoxy groups -OCH3 is 2. The second-order valence-electron chi connectivity index (χ2n) is 5.57. The topological polar surface area (TPSA) is 66.6 Å². The summed E-state index contributed by atoms with van der Waals surface area (Å²) in [5, 5.41) is 4.16. The maximum Gasteiger partial charge on any atom is 0.573 e. The van der Waals surface area contributed by atoms with E-state index in [1.54, 1.807) is 24.3 Å². The first kappa shape index (κ1) is 20.5. The van der Waals surface area contributed by atoms with Crippen LogP contribution in [0, 0.1) is 0 Å². The van der Waals surface area contributed by atoms with Gasteiger partial charge in [0.25, 0.3) is 5.89 Å². The van der Waals surface area contributed by atoms with E-state index >= 15 is 0 Å². The van der Waals surface area contributed by atoms with E-state index in [4.69, 9.17) is 25.6 Å². The lowest BCUT2D eigenvalue weighted by molar-refractivity contribution is -0.274. The summed E-state index contributed by atoms with van der Waals surface area (Å²) in [6, 6.07) is 8.55. The van der Waals surface area contributed by atoms with E-state index in [0.717, 1.165) is 12.1 Å². The molecule has 1 heterocycles. The Hall–Kier alpha value is -3.20. The number of rotatable bonds is 6. The van der Waals surface area contributed by atoms with Crippen LogP contribution in [0.3, 0.4) is 0 Å². The van der Waals surface area contributed by atoms with Gasteiger partial charge in [0.15, 0.2) is 11.5 Å². The highest BCUT2D eigenvalue weighted by Gasteiger charge is 2.31. The SMILES string of the molecule is COc1ccc(/C=C/c2nc(-c3ccc(OC(F)(F)F)cc3)no2)c(Cl)c1OC. The summed E-state index contributed by atoms with van der Waals surface area (Å²) < 4.78 is 56.0. The van der Waals surface area contributed by atoms with E-state index in [1.807, 2.05) is 0 Å². The van der Waals surface area contributed by atoms with Crippen molar-refractivity contribution in [3.05, 3.63) is 52.9 Å². The fourth-order valence-electron chi connectivity index (χ4n) is 2.42. The van der Waals surface area contributed by atoms with Crippen LogP contribution in [0.1, 0.15) is 11.5 Å². The summed E-state index contributed by atoms with van der Waals surface area (Å²) in [6.45, 7) is 0. The van der Waals surface area contributed by atoms with Gasteiger partial charge in [-0.25, -0.2) is 0 Å². The molecule has 0 unspecified atom stereocenters. The highest BCUT2D eigenvalue weighted by molar-refractivity contribution is 6.34. The average Bonchev–Trinajstić information content (AvgIpc) is 3.15. The molecule has 10 heteroatoms. The quantitative estimate of drug-likeness (QED) is 0.520. The second-order valence-corrected chi connectivity index (χ2v) is 5.94. The van der Waals surface area contributed by atoms with Gasteiger partial charge in [-0.15, -0.1) is 13.2 Å². The molecule has 2 aromatic carbocycles. The Balaban J connectivity index is 1.77. The predicted octanol–water partition coefficient (Wildman–Crippen LogP) is 5.48. The molecule has 0 bridgehead atoms. The summed E-state index contributed by atoms with van der Waals surface area (Å²) in [7, 11) is 2.98. The molecule has 0 aliphatic carbocycles. The van der Waals surface area contributed by atoms with Crippen LogP contribution in [0.25, 0.3) is 23.5 Å². The lowest BCUT2D eigenvalue weighted by Crippen LogP contribution is -2.16. The first-order valence-electron chi connectivity index (χ1n) is 8.09. The normalized spacial score (nSPS) is 11.7. The monoisotopic (exact) mass is 426 g/mol. The maximum absolute atomic E-state index is 12.2. The summed E-state index contributed by atoms with van der Waals surface area (Å²) in [5.41, 5.74) is 1.10. The van der Waals surface area contributed by atoms with Crippen molar-refractivity contribution in [2.75, 3.05) is 14.2 Å². The summed E-state index contributed by atoms with van der Waals surface area (Å²) in [4.78, 5) is 4.18. The number of alkyl halides is 3. The number of aromatic nitrogens is 2. The first-order chi connectivity index (χ1) is 13.8. The lowest BCUT2D eigenvalue weighted by Gasteiger charge is -2.10. The van der Waals surface area contributed by atoms with Gasteiger partial charge in [-0.2, -0.15) is 4.98 Å². The number of nitrogens with zero attached hydrogens (tertiary/aromatic N) is 2. The average molecular weight is 427 g/mol. The minimum Gasteiger partial charge on any atom is -0.493 e. The molecule has 0 aliphatic heterocycles. The molecule has 0 aliphatic rings. The van der Waals surface area contributed by atoms with E-state index in [-0.39, 0.29) is 17.5 Å². The largest absolute Gasteiger partial charge is 0.573 e. The minimum absolute atomic E-state index is 0.182. The fourth-order valence-corrected chi connectivity index (χ4v) is 2.72. The molecule has 3 rings (SSSR count). The maximum atomic E-state index is 12.2. The number of hydrogen-bond acceptors (Lipinski definition) is 6. The standard InChI is InChI=1S/C19H14ClF3N2O4/c1-26-14-9-5-11(16(20)17(14)27-2)6-10-15-24-18(25-29-15)12-3-7-13(8-4-12)28-19(21,22)23/h3-10H,1-2H3/b10-6+. The van der Waals surface area contributed by atoms with Gasteiger partial charge in [-0.05, 0) is 48.0 Å². The van der Waals surface area contributed by atoms with Crippen LogP contribution in [-0.4, -0.2) is 30.7 Å². The predicted molar refractivity (Wildman–Crippen MR) is 99.9 cm³/mol. The Morgan fingerprint density at radius 3 is 2.34 bits per heavy atom. The Morgan fingerprint density at radius 1 is 1.00 bits per heavy atom. The molecule has 29 heavy (non-hydrogen) atoms. The van der Waals surface area contributed by atoms with Crippen molar-refractivity contribution in [1.82, 2.24) is 10.1 Å². The third kappa shape index (κ3) is 5.00. The van der Waals surface area contributed by atoms with Gasteiger partial charge in [-0.3, -0.25) is 0 Å². The van der Waals surface area contributed by atoms with Crippen molar-refractivity contribution in [3.8, 4) is 28.6 Å². The van der Waals surface area contributed by atoms with Crippen LogP contribution < -0.4 is 14.2 Å². The lowest BCUT2D eigenvalue weighted by atomic mass is 10.2. The number of ether oxygens (including phenoxy) is 3. The van der Waals surface area contributed by atoms with Gasteiger partial charge < -0.3 is 18.7 Å². The van der Waals surface area contributed by atoms with Crippen molar-refractivity contribution in [3.63, 3.8) is 0 Å². The van der Waals surface area contributed by atoms with Crippen molar-refractivity contribution in [2.45, 2.75) is 6.36 Å². The Bertz CT molecular complexity index is 1020. The second kappa shape index (κ2) is 8.44. The van der Waals surface area contributed by atoms with Crippen LogP contribution in [-0.2, 0) is 0 Å². The van der Waals surface area contributed by atoms with Crippen molar-refractivity contribution < 1.29 is 31.9 Å². The van der Waals surface area contributed by atoms with E-state index in [1.165, 1.54) is 26.4 Å². The van der Waals surface area contributed by atoms with Gasteiger partial charge >= 0.3 is 6.36 Å². The third-order valence-electron chi connectivity index (χ3n) is 3.71. The van der Waals surface area contributed by atoms with E-state index < -0.39 is 6.36 Å². The molecule has 0 spiro atoms. The van der Waals surface area contributed by atoms with Crippen LogP contribution in [0.5, 0.6) is 17.2 Å². The summed E-state index contributed by atoms with van der Waals surface area (Å²) in [5.74, 6) is 0.937. The summed E-state index contributed by atoms with van der Waals surface area (Å²) in [6.07, 6.45) is -1.55. The van der Waals surface area contributed by atoms with Gasteiger partial charge in [0, 0.05) is 11.6 Å². The molecule has 0 saturated carbocycles. The molecule has 0 saturated heterocycles. The fraction of sp³-hybridized carbons (Fsp3) is 0.158. The smallest absolute Gasteiger partial charge is 0.493 e. The highest BCUT2D eigenvalue weighted by atomic mass is 35.5. The van der Waals surface area contributed by atoms with Crippen LogP contribution in [0.4, 0.5) is 13.2 Å². The molecule has 0 atom stereocenters. The number of hydrogen-bond donors (Lipinski definition) is 0. The number of halogens is 4. The molecule has 1 aromatic heterocycles. The van der Waals surface area contributed by atoms with Crippen LogP contribution >= 0.6 is 11.6 Å². The first-order valence-corrected chi connectivity index (χ1v) is 8.47. The molecule has 3 aromatic rings. The van der Waals surface area contributed by atoms with Crippen molar-refractivity contribution >= 4 is 23.8 Å². The molecule has 0 N–H and O–H groups in total. The van der Waals surface area contributed by atoms with Crippen molar-refractivity contribution in [2.24, 2.45) is 0 Å². The van der Waals surface area contributed by atoms with Crippen LogP contribution in [0.15, 0.2) is 40.9 Å². The van der Waals surface area contributed by atoms with Crippen LogP contribution in [0.2, 0.25) is 5.02 Å². The third-order valence-corrected chi connectivity index (χ3v) is 4.10. The Labute approximate surface area is 168 Å². The minimum atomic E-state index is -4.75. The molecule has 152 valence electrons. The van der Waals surface area contributed by atoms with Gasteiger partial charge in [0.05, 0.1) is 19.2 Å². The van der Waals surface area contributed by atoms with E-state index in [9.17, 15) is 13.2 Å². The molecule has 6 nitrogen and oxygen atoms in total. The zero-order valence-corrected chi connectivity index (χ0v) is 15.9. The van der Waals surface area contributed by atoms with E-state index in [2.05, 4.69) is 14.9 Å². The molecule has 0 radical (unpaired) electrons. The van der Waals surface area contributed by atoms with Gasteiger partial charge in [0.2, 0.25) is 5.82 Å². The molecular formula is C19H14ClF3N2O4. The molecule has 0 amide bonds. The zero-order chi connectivity index (χ0) is 21.0.